The van der Waals surface area contributed by atoms with E-state index < -0.39 is 72.9 Å². The first-order chi connectivity index (χ1) is 39.5. The second-order valence-corrected chi connectivity index (χ2v) is 21.5. The lowest BCUT2D eigenvalue weighted by atomic mass is 10.1. The fourth-order valence-corrected chi connectivity index (χ4v) is 10.1. The molecule has 18 nitrogen and oxygen atoms in total. The number of hydrogen-bond donors (Lipinski definition) is 2. The fourth-order valence-electron chi connectivity index (χ4n) is 10.1. The first kappa shape index (κ1) is 61.5. The van der Waals surface area contributed by atoms with Gasteiger partial charge in [0.05, 0.1) is 23.2 Å². The van der Waals surface area contributed by atoms with Crippen molar-refractivity contribution in [1.82, 2.24) is 39.9 Å². The van der Waals surface area contributed by atoms with Gasteiger partial charge in [0.1, 0.15) is 25.3 Å². The SMILES string of the molecule is BN(C)[C@@H](C)C(=O)N[C@@H](COC(=O)c1ccc(C(=O)OC[C@H](NC(=O)[C@H](C)N(C)C)C(=O)N2CCC[C@H]2CN(CCc2ccccc2)C(=O)c2ccccc2)cc1)C(=O)N1CCC[C@H]1CN(CCc1ccccc1)C(=O)c1ccccc1. The number of rotatable bonds is 26. The molecule has 6 atom stereocenters. The Hall–Kier alpha value is -8.16. The predicted octanol–water partition coefficient (Wildman–Crippen LogP) is 4.54. The summed E-state index contributed by atoms with van der Waals surface area (Å²) >= 11 is 0. The fraction of sp³-hybridized carbons (Fsp3) is 0.397. The molecule has 2 saturated heterocycles. The van der Waals surface area contributed by atoms with E-state index >= 15 is 0 Å². The van der Waals surface area contributed by atoms with Gasteiger partial charge < -0.3 is 44.5 Å². The number of likely N-dealkylation sites (N-methyl/N-ethyl adjacent to an activating group) is 2. The summed E-state index contributed by atoms with van der Waals surface area (Å²) in [5.74, 6) is -3.77. The van der Waals surface area contributed by atoms with Gasteiger partial charge in [0.15, 0.2) is 7.98 Å². The molecule has 5 aromatic rings. The molecule has 0 radical (unpaired) electrons. The number of hydrogen-bond acceptors (Lipinski definition) is 12. The number of carbonyl (C=O) groups is 8. The summed E-state index contributed by atoms with van der Waals surface area (Å²) in [5, 5.41) is 5.63. The lowest BCUT2D eigenvalue weighted by molar-refractivity contribution is -0.139. The minimum Gasteiger partial charge on any atom is -0.459 e. The molecule has 82 heavy (non-hydrogen) atoms. The molecule has 19 heteroatoms. The van der Waals surface area contributed by atoms with Crippen LogP contribution in [0.25, 0.3) is 0 Å². The van der Waals surface area contributed by atoms with E-state index in [1.54, 1.807) is 96.5 Å². The zero-order chi connectivity index (χ0) is 58.7. The molecule has 7 rings (SSSR count). The monoisotopic (exact) mass is 1120 g/mol. The highest BCUT2D eigenvalue weighted by molar-refractivity contribution is 6.06. The average Bonchev–Trinajstić information content (AvgIpc) is 4.25. The molecule has 2 aliphatic rings. The van der Waals surface area contributed by atoms with Crippen molar-refractivity contribution < 1.29 is 47.8 Å². The summed E-state index contributed by atoms with van der Waals surface area (Å²) in [4.78, 5) is 122. The van der Waals surface area contributed by atoms with Crippen molar-refractivity contribution >= 4 is 55.4 Å². The Kier molecular flexibility index (Phi) is 22.5. The van der Waals surface area contributed by atoms with Gasteiger partial charge in [-0.15, -0.1) is 0 Å². The van der Waals surface area contributed by atoms with Crippen LogP contribution in [0.15, 0.2) is 146 Å². The molecule has 0 aliphatic carbocycles. The first-order valence-corrected chi connectivity index (χ1v) is 28.2. The largest absolute Gasteiger partial charge is 0.459 e. The molecule has 5 aromatic carbocycles. The molecule has 0 unspecified atom stereocenters. The molecule has 0 spiro atoms. The van der Waals surface area contributed by atoms with Gasteiger partial charge in [0.25, 0.3) is 11.8 Å². The molecular formula is C63H77BN8O10. The number of likely N-dealkylation sites (tertiary alicyclic amines) is 2. The van der Waals surface area contributed by atoms with Gasteiger partial charge in [-0.2, -0.15) is 0 Å². The zero-order valence-corrected chi connectivity index (χ0v) is 48.0. The predicted molar refractivity (Wildman–Crippen MR) is 314 cm³/mol. The van der Waals surface area contributed by atoms with Crippen LogP contribution in [0.3, 0.4) is 0 Å². The highest BCUT2D eigenvalue weighted by Gasteiger charge is 2.39. The number of benzene rings is 5. The molecule has 0 saturated carbocycles. The number of nitrogens with zero attached hydrogens (tertiary/aromatic N) is 6. The van der Waals surface area contributed by atoms with Gasteiger partial charge in [-0.1, -0.05) is 97.1 Å². The van der Waals surface area contributed by atoms with Crippen LogP contribution < -0.4 is 10.6 Å². The first-order valence-electron chi connectivity index (χ1n) is 28.2. The Morgan fingerprint density at radius 1 is 0.512 bits per heavy atom. The van der Waals surface area contributed by atoms with Crippen molar-refractivity contribution in [3.05, 3.63) is 179 Å². The summed E-state index contributed by atoms with van der Waals surface area (Å²) in [7, 11) is 6.94. The topological polar surface area (TPSA) is 199 Å². The van der Waals surface area contributed by atoms with E-state index in [2.05, 4.69) is 10.6 Å². The molecule has 2 aliphatic heterocycles. The van der Waals surface area contributed by atoms with Gasteiger partial charge in [0.2, 0.25) is 23.6 Å². The van der Waals surface area contributed by atoms with Crippen molar-refractivity contribution in [1.29, 1.82) is 0 Å². The quantitative estimate of drug-likeness (QED) is 0.0580. The minimum absolute atomic E-state index is 0.0462. The standard InChI is InChI=1S/C63H77BN8O10/c1-44(67(3)4)56(73)65-54(60(77)71-36-18-28-52(71)40-69(38-34-46-20-10-6-11-21-46)58(75)48-24-14-8-15-25-48)42-81-62(79)50-30-32-51(33-31-50)63(80)82-43-55(66-57(74)45(2)68(5)64)61(78)72-37-19-29-53(72)41-70(39-35-47-22-12-7-13-23-47)59(76)49-26-16-9-17-27-49/h6-17,20-27,30-33,44-45,52-55H,18-19,28-29,34-43,64H2,1-5H3,(H,65,73)(H,66,74)/t44-,45-,52-,53-,54-,55-/m0/s1. The molecule has 6 amide bonds. The number of nitrogens with one attached hydrogen (secondary N) is 2. The van der Waals surface area contributed by atoms with Crippen molar-refractivity contribution in [2.45, 2.75) is 88.6 Å². The maximum Gasteiger partial charge on any atom is 0.338 e. The van der Waals surface area contributed by atoms with Crippen molar-refractivity contribution in [2.75, 3.05) is 73.6 Å². The molecule has 2 N–H and O–H groups in total. The molecule has 2 heterocycles. The summed E-state index contributed by atoms with van der Waals surface area (Å²) in [6.45, 7) is 4.46. The van der Waals surface area contributed by atoms with Crippen LogP contribution >= 0.6 is 0 Å². The van der Waals surface area contributed by atoms with Crippen LogP contribution in [0.1, 0.15) is 92.1 Å². The smallest absolute Gasteiger partial charge is 0.338 e. The highest BCUT2D eigenvalue weighted by atomic mass is 16.5. The molecule has 0 bridgehead atoms. The van der Waals surface area contributed by atoms with Gasteiger partial charge >= 0.3 is 11.9 Å². The Morgan fingerprint density at radius 3 is 1.22 bits per heavy atom. The summed E-state index contributed by atoms with van der Waals surface area (Å²) < 4.78 is 11.5. The Bertz CT molecular complexity index is 2740. The van der Waals surface area contributed by atoms with Crippen LogP contribution in [-0.4, -0.2) is 195 Å². The third-order valence-electron chi connectivity index (χ3n) is 15.5. The highest BCUT2D eigenvalue weighted by Crippen LogP contribution is 2.24. The number of esters is 2. The lowest BCUT2D eigenvalue weighted by Gasteiger charge is -2.33. The molecule has 0 aromatic heterocycles. The van der Waals surface area contributed by atoms with Crippen molar-refractivity contribution in [3.63, 3.8) is 0 Å². The Morgan fingerprint density at radius 2 is 0.866 bits per heavy atom. The van der Waals surface area contributed by atoms with E-state index in [9.17, 15) is 38.4 Å². The minimum atomic E-state index is -1.26. The van der Waals surface area contributed by atoms with E-state index in [4.69, 9.17) is 9.47 Å². The van der Waals surface area contributed by atoms with E-state index in [1.807, 2.05) is 97.1 Å². The Labute approximate surface area is 482 Å². The van der Waals surface area contributed by atoms with Gasteiger partial charge in [-0.25, -0.2) is 9.59 Å². The number of amides is 6. The second-order valence-electron chi connectivity index (χ2n) is 21.5. The third-order valence-corrected chi connectivity index (χ3v) is 15.5. The van der Waals surface area contributed by atoms with Crippen LogP contribution in [0, 0.1) is 0 Å². The van der Waals surface area contributed by atoms with Crippen LogP contribution in [0.4, 0.5) is 0 Å². The molecule has 432 valence electrons. The van der Waals surface area contributed by atoms with Crippen LogP contribution in [-0.2, 0) is 41.5 Å². The van der Waals surface area contributed by atoms with E-state index in [0.717, 1.165) is 11.1 Å². The van der Waals surface area contributed by atoms with E-state index in [1.165, 1.54) is 24.3 Å². The van der Waals surface area contributed by atoms with Crippen molar-refractivity contribution in [2.24, 2.45) is 0 Å². The third kappa shape index (κ3) is 17.0. The lowest BCUT2D eigenvalue weighted by Crippen LogP contribution is -2.56. The summed E-state index contributed by atoms with van der Waals surface area (Å²) in [6, 6.07) is 38.6. The maximum absolute atomic E-state index is 14.6. The summed E-state index contributed by atoms with van der Waals surface area (Å²) in [5.41, 5.74) is 3.29. The Balaban J connectivity index is 1.01. The molecule has 2 fully saturated rings. The summed E-state index contributed by atoms with van der Waals surface area (Å²) in [6.07, 6.45) is 3.78. The van der Waals surface area contributed by atoms with E-state index in [-0.39, 0.29) is 48.1 Å². The van der Waals surface area contributed by atoms with Crippen LogP contribution in [0.5, 0.6) is 0 Å². The second kappa shape index (κ2) is 30.1. The van der Waals surface area contributed by atoms with Crippen molar-refractivity contribution in [3.8, 4) is 0 Å². The van der Waals surface area contributed by atoms with Crippen LogP contribution in [0.2, 0.25) is 0 Å². The zero-order valence-electron chi connectivity index (χ0n) is 48.0. The number of ether oxygens (including phenoxy) is 2. The van der Waals surface area contributed by atoms with Gasteiger partial charge in [-0.05, 0) is 133 Å². The number of carbonyl (C=O) groups excluding carboxylic acids is 8. The van der Waals surface area contributed by atoms with E-state index in [0.29, 0.717) is 75.8 Å². The maximum atomic E-state index is 14.6. The molecular weight excluding hydrogens is 1040 g/mol. The van der Waals surface area contributed by atoms with Gasteiger partial charge in [-0.3, -0.25) is 33.7 Å². The van der Waals surface area contributed by atoms with Gasteiger partial charge in [0, 0.05) is 62.5 Å². The average molecular weight is 1120 g/mol. The normalized spacial score (nSPS) is 16.4.